The van der Waals surface area contributed by atoms with Crippen molar-refractivity contribution in [3.05, 3.63) is 36.9 Å². The number of benzene rings is 1. The van der Waals surface area contributed by atoms with Gasteiger partial charge in [0.15, 0.2) is 0 Å². The van der Waals surface area contributed by atoms with Crippen LogP contribution in [0, 0.1) is 0 Å². The standard InChI is InChI=1S/C12H14N4O/c1-2-5-12(17)15-10-6-3-4-7-11(10)16-9-13-8-14-16/h3-4,6-9H,2,5H2,1H3,(H,15,17). The molecule has 2 rings (SSSR count). The van der Waals surface area contributed by atoms with Crippen molar-refractivity contribution in [3.8, 4) is 5.69 Å². The van der Waals surface area contributed by atoms with Gasteiger partial charge in [-0.3, -0.25) is 4.79 Å². The van der Waals surface area contributed by atoms with Crippen LogP contribution in [0.2, 0.25) is 0 Å². The topological polar surface area (TPSA) is 59.8 Å². The normalized spacial score (nSPS) is 10.2. The molecule has 0 saturated carbocycles. The van der Waals surface area contributed by atoms with Crippen molar-refractivity contribution in [2.75, 3.05) is 5.32 Å². The number of nitrogens with one attached hydrogen (secondary N) is 1. The fraction of sp³-hybridized carbons (Fsp3) is 0.250. The fourth-order valence-electron chi connectivity index (χ4n) is 1.55. The molecule has 0 unspecified atom stereocenters. The van der Waals surface area contributed by atoms with E-state index in [0.29, 0.717) is 6.42 Å². The van der Waals surface area contributed by atoms with Crippen LogP contribution >= 0.6 is 0 Å². The predicted molar refractivity (Wildman–Crippen MR) is 64.9 cm³/mol. The monoisotopic (exact) mass is 230 g/mol. The first kappa shape index (κ1) is 11.3. The van der Waals surface area contributed by atoms with E-state index >= 15 is 0 Å². The van der Waals surface area contributed by atoms with Crippen molar-refractivity contribution in [1.29, 1.82) is 0 Å². The summed E-state index contributed by atoms with van der Waals surface area (Å²) in [5.41, 5.74) is 1.56. The molecule has 0 spiro atoms. The van der Waals surface area contributed by atoms with E-state index < -0.39 is 0 Å². The van der Waals surface area contributed by atoms with E-state index in [2.05, 4.69) is 15.4 Å². The van der Waals surface area contributed by atoms with Gasteiger partial charge in [0, 0.05) is 6.42 Å². The van der Waals surface area contributed by atoms with E-state index in [1.807, 2.05) is 31.2 Å². The molecule has 1 aromatic carbocycles. The summed E-state index contributed by atoms with van der Waals surface area (Å²) in [6.07, 6.45) is 4.42. The van der Waals surface area contributed by atoms with Crippen molar-refractivity contribution >= 4 is 11.6 Å². The number of aromatic nitrogens is 3. The number of hydrogen-bond donors (Lipinski definition) is 1. The minimum absolute atomic E-state index is 0.0139. The van der Waals surface area contributed by atoms with Crippen molar-refractivity contribution in [1.82, 2.24) is 14.8 Å². The predicted octanol–water partition coefficient (Wildman–Crippen LogP) is 2.01. The zero-order valence-electron chi connectivity index (χ0n) is 9.63. The quantitative estimate of drug-likeness (QED) is 0.874. The van der Waals surface area contributed by atoms with Crippen molar-refractivity contribution in [3.63, 3.8) is 0 Å². The van der Waals surface area contributed by atoms with Gasteiger partial charge in [-0.1, -0.05) is 19.1 Å². The Bertz CT molecular complexity index is 493. The molecule has 5 heteroatoms. The average molecular weight is 230 g/mol. The number of anilines is 1. The first-order valence-electron chi connectivity index (χ1n) is 5.55. The number of rotatable bonds is 4. The highest BCUT2D eigenvalue weighted by Crippen LogP contribution is 2.18. The largest absolute Gasteiger partial charge is 0.324 e. The lowest BCUT2D eigenvalue weighted by atomic mass is 10.2. The summed E-state index contributed by atoms with van der Waals surface area (Å²) < 4.78 is 1.63. The number of para-hydroxylation sites is 2. The van der Waals surface area contributed by atoms with Gasteiger partial charge in [-0.2, -0.15) is 5.10 Å². The van der Waals surface area contributed by atoms with Crippen molar-refractivity contribution < 1.29 is 4.79 Å². The summed E-state index contributed by atoms with van der Waals surface area (Å²) in [6.45, 7) is 1.98. The molecule has 0 aliphatic rings. The summed E-state index contributed by atoms with van der Waals surface area (Å²) in [5.74, 6) is 0.0139. The van der Waals surface area contributed by atoms with Crippen molar-refractivity contribution in [2.24, 2.45) is 0 Å². The van der Waals surface area contributed by atoms with Gasteiger partial charge in [0.2, 0.25) is 5.91 Å². The Balaban J connectivity index is 2.25. The zero-order valence-corrected chi connectivity index (χ0v) is 9.63. The summed E-state index contributed by atoms with van der Waals surface area (Å²) in [4.78, 5) is 15.5. The van der Waals surface area contributed by atoms with Crippen LogP contribution in [0.15, 0.2) is 36.9 Å². The second-order valence-electron chi connectivity index (χ2n) is 3.66. The number of amides is 1. The molecular formula is C12H14N4O. The lowest BCUT2D eigenvalue weighted by molar-refractivity contribution is -0.116. The van der Waals surface area contributed by atoms with Gasteiger partial charge in [0.05, 0.1) is 11.4 Å². The third kappa shape index (κ3) is 2.69. The highest BCUT2D eigenvalue weighted by molar-refractivity contribution is 5.92. The minimum atomic E-state index is 0.0139. The smallest absolute Gasteiger partial charge is 0.224 e. The summed E-state index contributed by atoms with van der Waals surface area (Å²) in [5, 5.41) is 6.93. The second kappa shape index (κ2) is 5.25. The van der Waals surface area contributed by atoms with Gasteiger partial charge in [0.25, 0.3) is 0 Å². The maximum Gasteiger partial charge on any atom is 0.224 e. The van der Waals surface area contributed by atoms with E-state index in [1.165, 1.54) is 6.33 Å². The van der Waals surface area contributed by atoms with Gasteiger partial charge in [-0.05, 0) is 18.6 Å². The lowest BCUT2D eigenvalue weighted by Gasteiger charge is -2.09. The highest BCUT2D eigenvalue weighted by Gasteiger charge is 2.07. The molecular weight excluding hydrogens is 216 g/mol. The number of carbonyl (C=O) groups excluding carboxylic acids is 1. The second-order valence-corrected chi connectivity index (χ2v) is 3.66. The highest BCUT2D eigenvalue weighted by atomic mass is 16.1. The molecule has 0 saturated heterocycles. The van der Waals surface area contributed by atoms with E-state index in [4.69, 9.17) is 0 Å². The Morgan fingerprint density at radius 1 is 1.41 bits per heavy atom. The summed E-state index contributed by atoms with van der Waals surface area (Å²) in [7, 11) is 0. The molecule has 17 heavy (non-hydrogen) atoms. The molecule has 0 aliphatic carbocycles. The van der Waals surface area contributed by atoms with Crippen LogP contribution in [0.1, 0.15) is 19.8 Å². The molecule has 0 fully saturated rings. The first-order valence-corrected chi connectivity index (χ1v) is 5.55. The molecule has 2 aromatic rings. The van der Waals surface area contributed by atoms with Crippen LogP contribution in [0.25, 0.3) is 5.69 Å². The maximum absolute atomic E-state index is 11.6. The molecule has 1 amide bonds. The maximum atomic E-state index is 11.6. The van der Waals surface area contributed by atoms with Gasteiger partial charge in [-0.15, -0.1) is 0 Å². The van der Waals surface area contributed by atoms with Crippen LogP contribution < -0.4 is 5.32 Å². The Morgan fingerprint density at radius 2 is 2.24 bits per heavy atom. The molecule has 1 N–H and O–H groups in total. The summed E-state index contributed by atoms with van der Waals surface area (Å²) in [6, 6.07) is 7.51. The first-order chi connectivity index (χ1) is 8.31. The van der Waals surface area contributed by atoms with Crippen LogP contribution in [0.3, 0.4) is 0 Å². The molecule has 88 valence electrons. The van der Waals surface area contributed by atoms with Crippen LogP contribution in [0.5, 0.6) is 0 Å². The molecule has 0 radical (unpaired) electrons. The molecule has 0 atom stereocenters. The van der Waals surface area contributed by atoms with Crippen LogP contribution in [0.4, 0.5) is 5.69 Å². The fourth-order valence-corrected chi connectivity index (χ4v) is 1.55. The third-order valence-electron chi connectivity index (χ3n) is 2.32. The van der Waals surface area contributed by atoms with Gasteiger partial charge < -0.3 is 5.32 Å². The molecule has 0 aliphatic heterocycles. The minimum Gasteiger partial charge on any atom is -0.324 e. The van der Waals surface area contributed by atoms with Crippen molar-refractivity contribution in [2.45, 2.75) is 19.8 Å². The SMILES string of the molecule is CCCC(=O)Nc1ccccc1-n1cncn1. The van der Waals surface area contributed by atoms with E-state index in [0.717, 1.165) is 17.8 Å². The Kier molecular flexibility index (Phi) is 3.49. The van der Waals surface area contributed by atoms with E-state index in [1.54, 1.807) is 11.0 Å². The number of hydrogen-bond acceptors (Lipinski definition) is 3. The van der Waals surface area contributed by atoms with E-state index in [9.17, 15) is 4.79 Å². The Morgan fingerprint density at radius 3 is 2.94 bits per heavy atom. The Labute approximate surface area is 99.5 Å². The lowest BCUT2D eigenvalue weighted by Crippen LogP contribution is -2.12. The van der Waals surface area contributed by atoms with Crippen LogP contribution in [-0.4, -0.2) is 20.7 Å². The van der Waals surface area contributed by atoms with Gasteiger partial charge in [0.1, 0.15) is 12.7 Å². The molecule has 1 aromatic heterocycles. The zero-order chi connectivity index (χ0) is 12.1. The third-order valence-corrected chi connectivity index (χ3v) is 2.32. The van der Waals surface area contributed by atoms with Crippen LogP contribution in [-0.2, 0) is 4.79 Å². The average Bonchev–Trinajstić information content (AvgIpc) is 2.83. The molecule has 5 nitrogen and oxygen atoms in total. The summed E-state index contributed by atoms with van der Waals surface area (Å²) >= 11 is 0. The molecule has 0 bridgehead atoms. The number of carbonyl (C=O) groups is 1. The van der Waals surface area contributed by atoms with Gasteiger partial charge in [-0.25, -0.2) is 9.67 Å². The Hall–Kier alpha value is -2.17. The molecule has 1 heterocycles. The van der Waals surface area contributed by atoms with Gasteiger partial charge >= 0.3 is 0 Å². The number of nitrogens with zero attached hydrogens (tertiary/aromatic N) is 3. The van der Waals surface area contributed by atoms with E-state index in [-0.39, 0.29) is 5.91 Å².